The SMILES string of the molecule is Cc1ccc(S(=O)(=O)OC(=O)c2cccc(-c3cccc(C(=O)O)c3)c2)cc1. The quantitative estimate of drug-likeness (QED) is 0.657. The van der Waals surface area contributed by atoms with Crippen LogP contribution in [-0.2, 0) is 14.3 Å². The fourth-order valence-electron chi connectivity index (χ4n) is 2.56. The zero-order chi connectivity index (χ0) is 20.3. The van der Waals surface area contributed by atoms with Crippen molar-refractivity contribution in [3.05, 3.63) is 89.5 Å². The number of aryl methyl sites for hydroxylation is 1. The Morgan fingerprint density at radius 1 is 0.821 bits per heavy atom. The molecule has 3 rings (SSSR count). The highest BCUT2D eigenvalue weighted by molar-refractivity contribution is 7.87. The number of carbonyl (C=O) groups is 2. The molecule has 142 valence electrons. The zero-order valence-corrected chi connectivity index (χ0v) is 15.6. The van der Waals surface area contributed by atoms with Crippen LogP contribution >= 0.6 is 0 Å². The third-order valence-electron chi connectivity index (χ3n) is 4.04. The van der Waals surface area contributed by atoms with Crippen LogP contribution in [0, 0.1) is 6.92 Å². The molecule has 0 heterocycles. The topological polar surface area (TPSA) is 97.7 Å². The lowest BCUT2D eigenvalue weighted by molar-refractivity contribution is 0.0694. The molecule has 0 fully saturated rings. The zero-order valence-electron chi connectivity index (χ0n) is 14.8. The second kappa shape index (κ2) is 7.66. The molecule has 0 saturated heterocycles. The van der Waals surface area contributed by atoms with Crippen LogP contribution < -0.4 is 0 Å². The van der Waals surface area contributed by atoms with E-state index in [2.05, 4.69) is 0 Å². The maximum Gasteiger partial charge on any atom is 0.354 e. The van der Waals surface area contributed by atoms with E-state index in [9.17, 15) is 18.0 Å². The molecule has 0 radical (unpaired) electrons. The van der Waals surface area contributed by atoms with E-state index in [-0.39, 0.29) is 16.0 Å². The molecule has 0 aromatic heterocycles. The maximum absolute atomic E-state index is 12.4. The highest BCUT2D eigenvalue weighted by atomic mass is 32.2. The molecular weight excluding hydrogens is 380 g/mol. The van der Waals surface area contributed by atoms with Crippen LogP contribution in [0.4, 0.5) is 0 Å². The molecule has 0 aliphatic rings. The summed E-state index contributed by atoms with van der Waals surface area (Å²) in [7, 11) is -4.25. The molecule has 6 nitrogen and oxygen atoms in total. The van der Waals surface area contributed by atoms with Gasteiger partial charge in [0.1, 0.15) is 4.90 Å². The summed E-state index contributed by atoms with van der Waals surface area (Å²) < 4.78 is 29.3. The first-order chi connectivity index (χ1) is 13.3. The Morgan fingerprint density at radius 3 is 1.93 bits per heavy atom. The Kier molecular flexibility index (Phi) is 5.28. The minimum Gasteiger partial charge on any atom is -0.478 e. The van der Waals surface area contributed by atoms with Crippen LogP contribution in [0.5, 0.6) is 0 Å². The number of carbonyl (C=O) groups excluding carboxylic acids is 1. The van der Waals surface area contributed by atoms with E-state index in [1.54, 1.807) is 36.4 Å². The van der Waals surface area contributed by atoms with Crippen molar-refractivity contribution in [2.45, 2.75) is 11.8 Å². The normalized spacial score (nSPS) is 11.0. The number of carboxylic acids is 1. The van der Waals surface area contributed by atoms with Gasteiger partial charge in [0.15, 0.2) is 0 Å². The average Bonchev–Trinajstić information content (AvgIpc) is 2.68. The van der Waals surface area contributed by atoms with Crippen molar-refractivity contribution in [1.29, 1.82) is 0 Å². The summed E-state index contributed by atoms with van der Waals surface area (Å²) in [6, 6.07) is 18.3. The number of aromatic carboxylic acids is 1. The van der Waals surface area contributed by atoms with Gasteiger partial charge in [0, 0.05) is 0 Å². The molecule has 0 aliphatic heterocycles. The van der Waals surface area contributed by atoms with Crippen molar-refractivity contribution in [1.82, 2.24) is 0 Å². The van der Waals surface area contributed by atoms with Crippen LogP contribution in [0.15, 0.2) is 77.7 Å². The fraction of sp³-hybridized carbons (Fsp3) is 0.0476. The van der Waals surface area contributed by atoms with Crippen molar-refractivity contribution in [2.75, 3.05) is 0 Å². The molecule has 0 spiro atoms. The van der Waals surface area contributed by atoms with Gasteiger partial charge in [-0.25, -0.2) is 9.59 Å². The van der Waals surface area contributed by atoms with E-state index < -0.39 is 22.1 Å². The second-order valence-corrected chi connectivity index (χ2v) is 7.65. The molecule has 3 aromatic carbocycles. The van der Waals surface area contributed by atoms with E-state index in [1.165, 1.54) is 36.4 Å². The Labute approximate surface area is 162 Å². The third-order valence-corrected chi connectivity index (χ3v) is 5.26. The first-order valence-corrected chi connectivity index (χ1v) is 9.66. The van der Waals surface area contributed by atoms with Gasteiger partial charge in [-0.2, -0.15) is 8.42 Å². The van der Waals surface area contributed by atoms with Crippen molar-refractivity contribution in [2.24, 2.45) is 0 Å². The summed E-state index contributed by atoms with van der Waals surface area (Å²) in [5.74, 6) is -2.08. The van der Waals surface area contributed by atoms with Gasteiger partial charge < -0.3 is 9.29 Å². The average molecular weight is 396 g/mol. The Bertz CT molecular complexity index is 1150. The third kappa shape index (κ3) is 4.27. The minimum absolute atomic E-state index is 0.0360. The number of rotatable bonds is 5. The van der Waals surface area contributed by atoms with E-state index >= 15 is 0 Å². The lowest BCUT2D eigenvalue weighted by Gasteiger charge is -2.08. The van der Waals surface area contributed by atoms with Crippen LogP contribution in [0.25, 0.3) is 11.1 Å². The number of hydrogen-bond donors (Lipinski definition) is 1. The van der Waals surface area contributed by atoms with Crippen LogP contribution in [0.3, 0.4) is 0 Å². The number of hydrogen-bond acceptors (Lipinski definition) is 5. The first kappa shape index (κ1) is 19.3. The Hall–Kier alpha value is -3.45. The second-order valence-electron chi connectivity index (χ2n) is 6.10. The molecule has 28 heavy (non-hydrogen) atoms. The largest absolute Gasteiger partial charge is 0.478 e. The molecular formula is C21H16O6S. The monoisotopic (exact) mass is 396 g/mol. The van der Waals surface area contributed by atoms with Gasteiger partial charge in [-0.1, -0.05) is 42.0 Å². The van der Waals surface area contributed by atoms with E-state index in [4.69, 9.17) is 9.29 Å². The molecule has 0 atom stereocenters. The van der Waals surface area contributed by atoms with Crippen LogP contribution in [0.2, 0.25) is 0 Å². The first-order valence-electron chi connectivity index (χ1n) is 8.25. The molecule has 0 bridgehead atoms. The molecule has 7 heteroatoms. The van der Waals surface area contributed by atoms with Crippen LogP contribution in [-0.4, -0.2) is 25.5 Å². The standard InChI is InChI=1S/C21H16O6S/c1-14-8-10-19(11-9-14)28(25,26)27-21(24)18-7-3-5-16(13-18)15-4-2-6-17(12-15)20(22)23/h2-13H,1H3,(H,22,23). The molecule has 3 aromatic rings. The maximum atomic E-state index is 12.4. The van der Waals surface area contributed by atoms with Gasteiger partial charge in [-0.3, -0.25) is 0 Å². The smallest absolute Gasteiger partial charge is 0.354 e. The Morgan fingerprint density at radius 2 is 1.36 bits per heavy atom. The lowest BCUT2D eigenvalue weighted by Crippen LogP contribution is -2.13. The van der Waals surface area contributed by atoms with Crippen LogP contribution in [0.1, 0.15) is 26.3 Å². The molecule has 0 amide bonds. The van der Waals surface area contributed by atoms with E-state index in [0.29, 0.717) is 11.1 Å². The summed E-state index contributed by atoms with van der Waals surface area (Å²) in [5.41, 5.74) is 2.16. The van der Waals surface area contributed by atoms with Crippen molar-refractivity contribution in [3.8, 4) is 11.1 Å². The fourth-order valence-corrected chi connectivity index (χ4v) is 3.42. The van der Waals surface area contributed by atoms with E-state index in [0.717, 1.165) is 5.56 Å². The summed E-state index contributed by atoms with van der Waals surface area (Å²) >= 11 is 0. The summed E-state index contributed by atoms with van der Waals surface area (Å²) in [6.45, 7) is 1.81. The number of benzene rings is 3. The summed E-state index contributed by atoms with van der Waals surface area (Å²) in [4.78, 5) is 23.4. The lowest BCUT2D eigenvalue weighted by atomic mass is 10.0. The molecule has 1 N–H and O–H groups in total. The number of carboxylic acid groups (broad SMARTS) is 1. The van der Waals surface area contributed by atoms with Gasteiger partial charge in [0.2, 0.25) is 0 Å². The minimum atomic E-state index is -4.25. The van der Waals surface area contributed by atoms with Crippen molar-refractivity contribution < 1.29 is 27.3 Å². The van der Waals surface area contributed by atoms with Gasteiger partial charge in [-0.15, -0.1) is 0 Å². The van der Waals surface area contributed by atoms with Gasteiger partial charge >= 0.3 is 22.1 Å². The van der Waals surface area contributed by atoms with Crippen molar-refractivity contribution in [3.63, 3.8) is 0 Å². The molecule has 0 saturated carbocycles. The summed E-state index contributed by atoms with van der Waals surface area (Å²) in [6.07, 6.45) is 0. The van der Waals surface area contributed by atoms with E-state index in [1.807, 2.05) is 6.92 Å². The molecule has 0 aliphatic carbocycles. The van der Waals surface area contributed by atoms with Gasteiger partial charge in [-0.05, 0) is 54.4 Å². The van der Waals surface area contributed by atoms with Crippen molar-refractivity contribution >= 4 is 22.1 Å². The predicted molar refractivity (Wildman–Crippen MR) is 103 cm³/mol. The predicted octanol–water partition coefficient (Wildman–Crippen LogP) is 3.91. The molecule has 0 unspecified atom stereocenters. The van der Waals surface area contributed by atoms with Gasteiger partial charge in [0.05, 0.1) is 11.1 Å². The highest BCUT2D eigenvalue weighted by Crippen LogP contribution is 2.23. The van der Waals surface area contributed by atoms with Gasteiger partial charge in [0.25, 0.3) is 0 Å². The Balaban J connectivity index is 1.87. The summed E-state index contributed by atoms with van der Waals surface area (Å²) in [5, 5.41) is 9.11. The highest BCUT2D eigenvalue weighted by Gasteiger charge is 2.21.